The number of nitrogens with one attached hydrogen (secondary N) is 3. The van der Waals surface area contributed by atoms with Gasteiger partial charge in [-0.05, 0) is 38.1 Å². The number of urea groups is 1. The van der Waals surface area contributed by atoms with Crippen LogP contribution in [0.1, 0.15) is 13.8 Å². The van der Waals surface area contributed by atoms with Gasteiger partial charge < -0.3 is 15.6 Å². The number of carbonyl (C=O) groups is 1. The second-order valence-electron chi connectivity index (χ2n) is 4.27. The van der Waals surface area contributed by atoms with Gasteiger partial charge >= 0.3 is 6.03 Å². The van der Waals surface area contributed by atoms with Gasteiger partial charge in [-0.25, -0.2) is 9.78 Å². The Morgan fingerprint density at radius 3 is 2.56 bits per heavy atom. The fourth-order valence-corrected chi connectivity index (χ4v) is 1.56. The predicted molar refractivity (Wildman–Crippen MR) is 71.3 cm³/mol. The number of aromatic nitrogens is 2. The van der Waals surface area contributed by atoms with Gasteiger partial charge in [0.15, 0.2) is 0 Å². The van der Waals surface area contributed by atoms with Gasteiger partial charge in [0, 0.05) is 29.7 Å². The van der Waals surface area contributed by atoms with Crippen molar-refractivity contribution in [1.82, 2.24) is 15.3 Å². The number of aromatic amines is 1. The number of hydrogen-bond acceptors (Lipinski definition) is 2. The van der Waals surface area contributed by atoms with Gasteiger partial charge in [-0.2, -0.15) is 0 Å². The largest absolute Gasteiger partial charge is 0.345 e. The van der Waals surface area contributed by atoms with E-state index in [0.717, 1.165) is 17.1 Å². The third kappa shape index (κ3) is 3.10. The highest BCUT2D eigenvalue weighted by molar-refractivity contribution is 5.89. The maximum absolute atomic E-state index is 11.5. The van der Waals surface area contributed by atoms with E-state index in [1.165, 1.54) is 0 Å². The summed E-state index contributed by atoms with van der Waals surface area (Å²) in [4.78, 5) is 18.7. The molecule has 0 bridgehead atoms. The number of H-pyrrole nitrogens is 1. The minimum absolute atomic E-state index is 0.118. The van der Waals surface area contributed by atoms with Crippen LogP contribution in [0.25, 0.3) is 11.4 Å². The fourth-order valence-electron chi connectivity index (χ4n) is 1.56. The molecule has 2 aromatic rings. The zero-order valence-corrected chi connectivity index (χ0v) is 10.4. The summed E-state index contributed by atoms with van der Waals surface area (Å²) in [6.07, 6.45) is 3.48. The van der Waals surface area contributed by atoms with Crippen molar-refractivity contribution in [3.63, 3.8) is 0 Å². The van der Waals surface area contributed by atoms with E-state index >= 15 is 0 Å². The molecule has 3 N–H and O–H groups in total. The fraction of sp³-hybridized carbons (Fsp3) is 0.231. The Morgan fingerprint density at radius 1 is 1.28 bits per heavy atom. The Bertz CT molecular complexity index is 502. The summed E-state index contributed by atoms with van der Waals surface area (Å²) in [5.74, 6) is 0.813. The molecule has 0 aliphatic carbocycles. The topological polar surface area (TPSA) is 69.8 Å². The van der Waals surface area contributed by atoms with Crippen LogP contribution in [-0.4, -0.2) is 22.0 Å². The first-order valence-electron chi connectivity index (χ1n) is 5.82. The lowest BCUT2D eigenvalue weighted by atomic mass is 10.2. The van der Waals surface area contributed by atoms with E-state index in [4.69, 9.17) is 0 Å². The third-order valence-corrected chi connectivity index (χ3v) is 2.33. The van der Waals surface area contributed by atoms with Crippen molar-refractivity contribution >= 4 is 11.7 Å². The zero-order chi connectivity index (χ0) is 13.0. The number of nitrogens with zero attached hydrogens (tertiary/aromatic N) is 1. The summed E-state index contributed by atoms with van der Waals surface area (Å²) in [6, 6.07) is 7.42. The van der Waals surface area contributed by atoms with Crippen LogP contribution < -0.4 is 10.6 Å². The highest BCUT2D eigenvalue weighted by Crippen LogP contribution is 2.17. The van der Waals surface area contributed by atoms with Gasteiger partial charge in [0.05, 0.1) is 0 Å². The number of hydrogen-bond donors (Lipinski definition) is 3. The minimum atomic E-state index is -0.198. The lowest BCUT2D eigenvalue weighted by Crippen LogP contribution is -2.34. The van der Waals surface area contributed by atoms with Crippen LogP contribution in [-0.2, 0) is 0 Å². The predicted octanol–water partition coefficient (Wildman–Crippen LogP) is 2.61. The molecule has 18 heavy (non-hydrogen) atoms. The van der Waals surface area contributed by atoms with Crippen LogP contribution in [0.5, 0.6) is 0 Å². The molecule has 5 heteroatoms. The van der Waals surface area contributed by atoms with Crippen LogP contribution in [0.3, 0.4) is 0 Å². The molecule has 0 aliphatic rings. The van der Waals surface area contributed by atoms with Crippen molar-refractivity contribution in [2.75, 3.05) is 5.32 Å². The summed E-state index contributed by atoms with van der Waals surface area (Å²) in [5, 5.41) is 5.53. The summed E-state index contributed by atoms with van der Waals surface area (Å²) < 4.78 is 0. The van der Waals surface area contributed by atoms with Crippen molar-refractivity contribution in [3.05, 3.63) is 36.7 Å². The number of imidazole rings is 1. The van der Waals surface area contributed by atoms with Crippen molar-refractivity contribution in [3.8, 4) is 11.4 Å². The van der Waals surface area contributed by atoms with Crippen LogP contribution in [0.15, 0.2) is 36.7 Å². The van der Waals surface area contributed by atoms with E-state index in [-0.39, 0.29) is 12.1 Å². The minimum Gasteiger partial charge on any atom is -0.345 e. The van der Waals surface area contributed by atoms with E-state index in [0.29, 0.717) is 0 Å². The molecule has 0 aliphatic heterocycles. The Balaban J connectivity index is 2.02. The lowest BCUT2D eigenvalue weighted by molar-refractivity contribution is 0.250. The zero-order valence-electron chi connectivity index (χ0n) is 10.4. The van der Waals surface area contributed by atoms with Crippen LogP contribution in [0.4, 0.5) is 10.5 Å². The smallest absolute Gasteiger partial charge is 0.319 e. The molecule has 0 spiro atoms. The molecule has 0 fully saturated rings. The number of rotatable bonds is 3. The van der Waals surface area contributed by atoms with Crippen LogP contribution in [0.2, 0.25) is 0 Å². The van der Waals surface area contributed by atoms with E-state index in [2.05, 4.69) is 20.6 Å². The number of anilines is 1. The van der Waals surface area contributed by atoms with Gasteiger partial charge in [0.2, 0.25) is 0 Å². The first-order valence-corrected chi connectivity index (χ1v) is 5.82. The van der Waals surface area contributed by atoms with Gasteiger partial charge in [0.25, 0.3) is 0 Å². The van der Waals surface area contributed by atoms with E-state index in [9.17, 15) is 4.79 Å². The summed E-state index contributed by atoms with van der Waals surface area (Å²) in [5.41, 5.74) is 1.73. The first kappa shape index (κ1) is 12.2. The van der Waals surface area contributed by atoms with E-state index < -0.39 is 0 Å². The molecule has 0 unspecified atom stereocenters. The van der Waals surface area contributed by atoms with Crippen molar-refractivity contribution in [2.24, 2.45) is 0 Å². The molecule has 1 aromatic heterocycles. The first-order chi connectivity index (χ1) is 8.65. The molecule has 94 valence electrons. The molecule has 2 rings (SSSR count). The quantitative estimate of drug-likeness (QED) is 0.776. The van der Waals surface area contributed by atoms with E-state index in [1.54, 1.807) is 12.4 Å². The highest BCUT2D eigenvalue weighted by atomic mass is 16.2. The van der Waals surface area contributed by atoms with Crippen LogP contribution >= 0.6 is 0 Å². The average molecular weight is 244 g/mol. The molecule has 2 amide bonds. The van der Waals surface area contributed by atoms with Crippen molar-refractivity contribution < 1.29 is 4.79 Å². The number of amides is 2. The second kappa shape index (κ2) is 5.35. The Labute approximate surface area is 106 Å². The highest BCUT2D eigenvalue weighted by Gasteiger charge is 2.04. The van der Waals surface area contributed by atoms with Gasteiger partial charge in [-0.15, -0.1) is 0 Å². The molecular weight excluding hydrogens is 228 g/mol. The molecule has 0 atom stereocenters. The molecule has 0 saturated carbocycles. The van der Waals surface area contributed by atoms with Gasteiger partial charge in [-0.1, -0.05) is 0 Å². The SMILES string of the molecule is CC(C)NC(=O)Nc1ccc(-c2ncc[nH]2)cc1. The monoisotopic (exact) mass is 244 g/mol. The molecule has 1 aromatic carbocycles. The standard InChI is InChI=1S/C13H16N4O/c1-9(2)16-13(18)17-11-5-3-10(4-6-11)12-14-7-8-15-12/h3-9H,1-2H3,(H,14,15)(H2,16,17,18). The Hall–Kier alpha value is -2.30. The maximum Gasteiger partial charge on any atom is 0.319 e. The molecule has 0 saturated heterocycles. The lowest BCUT2D eigenvalue weighted by Gasteiger charge is -2.10. The maximum atomic E-state index is 11.5. The molecule has 1 heterocycles. The van der Waals surface area contributed by atoms with Crippen molar-refractivity contribution in [2.45, 2.75) is 19.9 Å². The Kier molecular flexibility index (Phi) is 3.62. The second-order valence-corrected chi connectivity index (χ2v) is 4.27. The summed E-state index contributed by atoms with van der Waals surface area (Å²) >= 11 is 0. The molecular formula is C13H16N4O. The average Bonchev–Trinajstić information content (AvgIpc) is 2.82. The third-order valence-electron chi connectivity index (χ3n) is 2.33. The summed E-state index contributed by atoms with van der Waals surface area (Å²) in [6.45, 7) is 3.83. The molecule has 5 nitrogen and oxygen atoms in total. The van der Waals surface area contributed by atoms with Gasteiger partial charge in [0.1, 0.15) is 5.82 Å². The van der Waals surface area contributed by atoms with Gasteiger partial charge in [-0.3, -0.25) is 0 Å². The number of benzene rings is 1. The van der Waals surface area contributed by atoms with E-state index in [1.807, 2.05) is 38.1 Å². The number of carbonyl (C=O) groups excluding carboxylic acids is 1. The Morgan fingerprint density at radius 2 is 2.00 bits per heavy atom. The normalized spacial score (nSPS) is 10.4. The summed E-state index contributed by atoms with van der Waals surface area (Å²) in [7, 11) is 0. The molecule has 0 radical (unpaired) electrons. The van der Waals surface area contributed by atoms with Crippen molar-refractivity contribution in [1.29, 1.82) is 0 Å². The van der Waals surface area contributed by atoms with Crippen LogP contribution in [0, 0.1) is 0 Å².